The van der Waals surface area contributed by atoms with E-state index in [9.17, 15) is 9.59 Å². The van der Waals surface area contributed by atoms with Crippen molar-refractivity contribution < 1.29 is 13.9 Å². The third-order valence-electron chi connectivity index (χ3n) is 6.35. The van der Waals surface area contributed by atoms with E-state index in [0.717, 1.165) is 34.2 Å². The van der Waals surface area contributed by atoms with E-state index in [4.69, 9.17) is 9.15 Å². The Kier molecular flexibility index (Phi) is 6.73. The van der Waals surface area contributed by atoms with E-state index in [1.807, 2.05) is 54.6 Å². The Bertz CT molecular complexity index is 1430. The van der Waals surface area contributed by atoms with Gasteiger partial charge in [0.15, 0.2) is 5.43 Å². The van der Waals surface area contributed by atoms with Gasteiger partial charge in [0.05, 0.1) is 23.6 Å². The minimum absolute atomic E-state index is 0.125. The van der Waals surface area contributed by atoms with Gasteiger partial charge in [-0.25, -0.2) is 0 Å². The van der Waals surface area contributed by atoms with E-state index >= 15 is 0 Å². The van der Waals surface area contributed by atoms with E-state index in [1.165, 1.54) is 0 Å². The molecule has 35 heavy (non-hydrogen) atoms. The second-order valence-corrected chi connectivity index (χ2v) is 9.64. The van der Waals surface area contributed by atoms with Crippen molar-refractivity contribution >= 4 is 32.8 Å². The van der Waals surface area contributed by atoms with Gasteiger partial charge in [0.1, 0.15) is 11.3 Å². The number of halogens is 1. The Labute approximate surface area is 212 Å². The molecule has 0 radical (unpaired) electrons. The molecule has 0 saturated heterocycles. The Morgan fingerprint density at radius 2 is 1.83 bits per heavy atom. The lowest BCUT2D eigenvalue weighted by atomic mass is 9.98. The summed E-state index contributed by atoms with van der Waals surface area (Å²) in [5, 5.41) is 0.455. The van der Waals surface area contributed by atoms with Crippen molar-refractivity contribution in [2.75, 3.05) is 13.2 Å². The number of hydrogen-bond donors (Lipinski definition) is 0. The number of hydrogen-bond acceptors (Lipinski definition) is 4. The fourth-order valence-corrected chi connectivity index (χ4v) is 4.93. The van der Waals surface area contributed by atoms with Crippen molar-refractivity contribution in [3.8, 4) is 5.75 Å². The fraction of sp³-hybridized carbons (Fsp3) is 0.241. The van der Waals surface area contributed by atoms with Crippen LogP contribution in [0.5, 0.6) is 5.75 Å². The third kappa shape index (κ3) is 4.63. The molecule has 0 spiro atoms. The predicted octanol–water partition coefficient (Wildman–Crippen LogP) is 6.52. The second kappa shape index (κ2) is 10.1. The lowest BCUT2D eigenvalue weighted by molar-refractivity contribution is 0.0730. The van der Waals surface area contributed by atoms with Crippen LogP contribution in [0.1, 0.15) is 53.1 Å². The zero-order valence-corrected chi connectivity index (χ0v) is 21.1. The largest absolute Gasteiger partial charge is 0.494 e. The molecule has 5 nitrogen and oxygen atoms in total. The molecule has 178 valence electrons. The van der Waals surface area contributed by atoms with E-state index in [1.54, 1.807) is 23.1 Å². The van der Waals surface area contributed by atoms with E-state index in [0.29, 0.717) is 36.1 Å². The number of unbranched alkanes of at least 4 members (excludes halogenated alkanes) is 1. The Morgan fingerprint density at radius 1 is 1.00 bits per heavy atom. The average molecular weight is 532 g/mol. The van der Waals surface area contributed by atoms with Gasteiger partial charge in [-0.3, -0.25) is 9.59 Å². The van der Waals surface area contributed by atoms with E-state index in [-0.39, 0.29) is 17.1 Å². The monoisotopic (exact) mass is 531 g/mol. The SMILES string of the molecule is CCCCOc1cccc(C2c3c(oc4ccc(Br)cc4c3=O)C(=O)N2CCc2ccccc2)c1. The van der Waals surface area contributed by atoms with Gasteiger partial charge in [-0.05, 0) is 54.3 Å². The maximum absolute atomic E-state index is 13.7. The summed E-state index contributed by atoms with van der Waals surface area (Å²) >= 11 is 3.45. The van der Waals surface area contributed by atoms with E-state index < -0.39 is 6.04 Å². The van der Waals surface area contributed by atoms with Gasteiger partial charge < -0.3 is 14.1 Å². The maximum atomic E-state index is 13.7. The van der Waals surface area contributed by atoms with E-state index in [2.05, 4.69) is 22.9 Å². The molecule has 1 aliphatic rings. The van der Waals surface area contributed by atoms with Crippen LogP contribution in [0.2, 0.25) is 0 Å². The van der Waals surface area contributed by atoms with Crippen LogP contribution in [0, 0.1) is 0 Å². The number of ether oxygens (including phenoxy) is 1. The zero-order valence-electron chi connectivity index (χ0n) is 19.5. The number of carbonyl (C=O) groups excluding carboxylic acids is 1. The lowest BCUT2D eigenvalue weighted by Crippen LogP contribution is -2.31. The van der Waals surface area contributed by atoms with Crippen LogP contribution >= 0.6 is 15.9 Å². The quantitative estimate of drug-likeness (QED) is 0.243. The maximum Gasteiger partial charge on any atom is 0.290 e. The molecule has 6 heteroatoms. The lowest BCUT2D eigenvalue weighted by Gasteiger charge is -2.25. The standard InChI is InChI=1S/C29H26BrNO4/c1-2-3-16-34-22-11-7-10-20(17-22)26-25-27(32)23-18-21(30)12-13-24(23)35-28(25)29(33)31(26)15-14-19-8-5-4-6-9-19/h4-13,17-18,26H,2-3,14-16H2,1H3. The molecular formula is C29H26BrNO4. The molecule has 0 bridgehead atoms. The van der Waals surface area contributed by atoms with Crippen LogP contribution < -0.4 is 10.2 Å². The van der Waals surface area contributed by atoms with Crippen LogP contribution in [-0.2, 0) is 6.42 Å². The minimum Gasteiger partial charge on any atom is -0.494 e. The molecule has 5 rings (SSSR count). The van der Waals surface area contributed by atoms with Gasteiger partial charge in [-0.15, -0.1) is 0 Å². The molecule has 1 unspecified atom stereocenters. The summed E-state index contributed by atoms with van der Waals surface area (Å²) in [5.74, 6) is 0.591. The summed E-state index contributed by atoms with van der Waals surface area (Å²) in [6, 6.07) is 22.5. The van der Waals surface area contributed by atoms with Crippen molar-refractivity contribution in [2.24, 2.45) is 0 Å². The smallest absolute Gasteiger partial charge is 0.290 e. The average Bonchev–Trinajstić information content (AvgIpc) is 3.16. The van der Waals surface area contributed by atoms with Gasteiger partial charge >= 0.3 is 0 Å². The first-order chi connectivity index (χ1) is 17.1. The minimum atomic E-state index is -0.546. The number of rotatable bonds is 8. The Hall–Kier alpha value is -3.38. The molecule has 0 aliphatic carbocycles. The molecule has 2 heterocycles. The van der Waals surface area contributed by atoms with Crippen molar-refractivity contribution in [2.45, 2.75) is 32.2 Å². The van der Waals surface area contributed by atoms with Crippen LogP contribution in [-0.4, -0.2) is 24.0 Å². The molecule has 1 amide bonds. The molecular weight excluding hydrogens is 506 g/mol. The zero-order chi connectivity index (χ0) is 24.4. The number of fused-ring (bicyclic) bond motifs is 2. The van der Waals surface area contributed by atoms with Gasteiger partial charge in [0.2, 0.25) is 5.76 Å². The summed E-state index contributed by atoms with van der Waals surface area (Å²) in [6.07, 6.45) is 2.67. The first-order valence-electron chi connectivity index (χ1n) is 11.9. The normalized spacial score (nSPS) is 15.0. The number of amides is 1. The Morgan fingerprint density at radius 3 is 2.63 bits per heavy atom. The predicted molar refractivity (Wildman–Crippen MR) is 140 cm³/mol. The molecule has 0 N–H and O–H groups in total. The topological polar surface area (TPSA) is 59.8 Å². The molecule has 0 saturated carbocycles. The molecule has 1 atom stereocenters. The van der Waals surface area contributed by atoms with Crippen LogP contribution in [0.3, 0.4) is 0 Å². The Balaban J connectivity index is 1.60. The second-order valence-electron chi connectivity index (χ2n) is 8.73. The molecule has 0 fully saturated rings. The summed E-state index contributed by atoms with van der Waals surface area (Å²) in [7, 11) is 0. The molecule has 1 aromatic heterocycles. The third-order valence-corrected chi connectivity index (χ3v) is 6.85. The molecule has 4 aromatic rings. The highest BCUT2D eigenvalue weighted by Gasteiger charge is 2.42. The van der Waals surface area contributed by atoms with Crippen LogP contribution in [0.25, 0.3) is 11.0 Å². The summed E-state index contributed by atoms with van der Waals surface area (Å²) in [6.45, 7) is 3.20. The number of carbonyl (C=O) groups is 1. The molecule has 3 aromatic carbocycles. The summed E-state index contributed by atoms with van der Waals surface area (Å²) < 4.78 is 12.8. The summed E-state index contributed by atoms with van der Waals surface area (Å²) in [4.78, 5) is 29.1. The molecule has 1 aliphatic heterocycles. The first-order valence-corrected chi connectivity index (χ1v) is 12.7. The van der Waals surface area contributed by atoms with Crippen molar-refractivity contribution in [1.82, 2.24) is 4.90 Å². The van der Waals surface area contributed by atoms with Gasteiger partial charge in [0, 0.05) is 11.0 Å². The highest BCUT2D eigenvalue weighted by Crippen LogP contribution is 2.39. The number of benzene rings is 3. The van der Waals surface area contributed by atoms with Gasteiger partial charge in [-0.2, -0.15) is 0 Å². The summed E-state index contributed by atoms with van der Waals surface area (Å²) in [5.41, 5.74) is 2.58. The first kappa shape index (κ1) is 23.4. The van der Waals surface area contributed by atoms with Gasteiger partial charge in [0.25, 0.3) is 5.91 Å². The van der Waals surface area contributed by atoms with Gasteiger partial charge in [-0.1, -0.05) is 71.7 Å². The highest BCUT2D eigenvalue weighted by atomic mass is 79.9. The van der Waals surface area contributed by atoms with Crippen molar-refractivity contribution in [1.29, 1.82) is 0 Å². The highest BCUT2D eigenvalue weighted by molar-refractivity contribution is 9.10. The van der Waals surface area contributed by atoms with Crippen molar-refractivity contribution in [3.05, 3.63) is 110 Å². The number of nitrogens with zero attached hydrogens (tertiary/aromatic N) is 1. The van der Waals surface area contributed by atoms with Crippen LogP contribution in [0.15, 0.2) is 86.5 Å². The fourth-order valence-electron chi connectivity index (χ4n) is 4.57. The van der Waals surface area contributed by atoms with Crippen molar-refractivity contribution in [3.63, 3.8) is 0 Å². The van der Waals surface area contributed by atoms with Crippen LogP contribution in [0.4, 0.5) is 0 Å².